The molecule has 0 saturated heterocycles. The van der Waals surface area contributed by atoms with Crippen molar-refractivity contribution in [2.75, 3.05) is 5.32 Å². The Balaban J connectivity index is 2.09. The summed E-state index contributed by atoms with van der Waals surface area (Å²) in [6.45, 7) is 2.37. The lowest BCUT2D eigenvalue weighted by atomic mass is 10.1. The van der Waals surface area contributed by atoms with E-state index in [4.69, 9.17) is 0 Å². The van der Waals surface area contributed by atoms with Gasteiger partial charge in [0.2, 0.25) is 0 Å². The topological polar surface area (TPSA) is 12.0 Å². The Labute approximate surface area is 99.1 Å². The summed E-state index contributed by atoms with van der Waals surface area (Å²) in [5.74, 6) is -0.544. The van der Waals surface area contributed by atoms with Gasteiger partial charge in [0.1, 0.15) is 11.6 Å². The third-order valence-electron chi connectivity index (χ3n) is 2.57. The van der Waals surface area contributed by atoms with Crippen LogP contribution in [-0.4, -0.2) is 0 Å². The maximum atomic E-state index is 13.0. The predicted octanol–water partition coefficient (Wildman–Crippen LogP) is 3.89. The van der Waals surface area contributed by atoms with Crippen LogP contribution in [0.1, 0.15) is 11.1 Å². The minimum atomic E-state index is -0.280. The minimum Gasteiger partial charge on any atom is -0.381 e. The number of halogens is 2. The molecule has 0 aromatic heterocycles. The molecule has 0 aliphatic carbocycles. The average molecular weight is 233 g/mol. The molecule has 2 rings (SSSR count). The average Bonchev–Trinajstić information content (AvgIpc) is 2.30. The maximum Gasteiger partial charge on any atom is 0.125 e. The standard InChI is InChI=1S/C14H13F2N/c1-10-5-6-13(16)8-14(10)17-9-11-3-2-4-12(15)7-11/h2-8,17H,9H2,1H3. The normalized spacial score (nSPS) is 10.3. The van der Waals surface area contributed by atoms with Crippen molar-refractivity contribution >= 4 is 5.69 Å². The van der Waals surface area contributed by atoms with Gasteiger partial charge in [-0.3, -0.25) is 0 Å². The highest BCUT2D eigenvalue weighted by atomic mass is 19.1. The van der Waals surface area contributed by atoms with Gasteiger partial charge in [-0.2, -0.15) is 0 Å². The fraction of sp³-hybridized carbons (Fsp3) is 0.143. The maximum absolute atomic E-state index is 13.0. The van der Waals surface area contributed by atoms with Crippen LogP contribution in [0.2, 0.25) is 0 Å². The highest BCUT2D eigenvalue weighted by Crippen LogP contribution is 2.17. The lowest BCUT2D eigenvalue weighted by molar-refractivity contribution is 0.625. The molecule has 0 atom stereocenters. The van der Waals surface area contributed by atoms with Crippen LogP contribution in [-0.2, 0) is 6.54 Å². The second-order valence-electron chi connectivity index (χ2n) is 3.94. The number of benzene rings is 2. The molecule has 0 bridgehead atoms. The van der Waals surface area contributed by atoms with Crippen molar-refractivity contribution in [3.8, 4) is 0 Å². The van der Waals surface area contributed by atoms with E-state index in [1.807, 2.05) is 13.0 Å². The molecule has 2 aromatic rings. The minimum absolute atomic E-state index is 0.264. The molecule has 0 aliphatic rings. The van der Waals surface area contributed by atoms with Gasteiger partial charge < -0.3 is 5.32 Å². The van der Waals surface area contributed by atoms with Crippen molar-refractivity contribution in [1.29, 1.82) is 0 Å². The molecule has 0 amide bonds. The van der Waals surface area contributed by atoms with E-state index in [2.05, 4.69) is 5.32 Å². The molecule has 1 N–H and O–H groups in total. The van der Waals surface area contributed by atoms with Crippen molar-refractivity contribution in [2.45, 2.75) is 13.5 Å². The molecule has 1 nitrogen and oxygen atoms in total. The van der Waals surface area contributed by atoms with Gasteiger partial charge in [-0.05, 0) is 42.3 Å². The number of anilines is 1. The highest BCUT2D eigenvalue weighted by Gasteiger charge is 2.00. The lowest BCUT2D eigenvalue weighted by Crippen LogP contribution is -2.01. The molecule has 0 saturated carbocycles. The van der Waals surface area contributed by atoms with E-state index >= 15 is 0 Å². The van der Waals surface area contributed by atoms with Crippen LogP contribution in [0.4, 0.5) is 14.5 Å². The first-order valence-corrected chi connectivity index (χ1v) is 5.39. The molecule has 88 valence electrons. The van der Waals surface area contributed by atoms with E-state index in [-0.39, 0.29) is 11.6 Å². The summed E-state index contributed by atoms with van der Waals surface area (Å²) in [6.07, 6.45) is 0. The number of hydrogen-bond acceptors (Lipinski definition) is 1. The molecular formula is C14H13F2N. The van der Waals surface area contributed by atoms with E-state index in [1.54, 1.807) is 12.1 Å². The Hall–Kier alpha value is -1.90. The lowest BCUT2D eigenvalue weighted by Gasteiger charge is -2.09. The zero-order valence-electron chi connectivity index (χ0n) is 9.50. The largest absolute Gasteiger partial charge is 0.381 e. The SMILES string of the molecule is Cc1ccc(F)cc1NCc1cccc(F)c1. The first-order chi connectivity index (χ1) is 8.15. The van der Waals surface area contributed by atoms with E-state index in [1.165, 1.54) is 24.3 Å². The van der Waals surface area contributed by atoms with E-state index in [0.29, 0.717) is 6.54 Å². The Kier molecular flexibility index (Phi) is 3.38. The second-order valence-corrected chi connectivity index (χ2v) is 3.94. The summed E-state index contributed by atoms with van der Waals surface area (Å²) < 4.78 is 26.0. The molecular weight excluding hydrogens is 220 g/mol. The van der Waals surface area contributed by atoms with Crippen molar-refractivity contribution < 1.29 is 8.78 Å². The van der Waals surface area contributed by atoms with E-state index in [0.717, 1.165) is 16.8 Å². The number of hydrogen-bond donors (Lipinski definition) is 1. The summed E-state index contributed by atoms with van der Waals surface area (Å²) in [5.41, 5.74) is 2.52. The third-order valence-corrected chi connectivity index (χ3v) is 2.57. The Morgan fingerprint density at radius 1 is 1.00 bits per heavy atom. The molecule has 17 heavy (non-hydrogen) atoms. The molecule has 0 radical (unpaired) electrons. The first kappa shape index (κ1) is 11.6. The van der Waals surface area contributed by atoms with Gasteiger partial charge >= 0.3 is 0 Å². The summed E-state index contributed by atoms with van der Waals surface area (Å²) in [7, 11) is 0. The molecule has 2 aromatic carbocycles. The first-order valence-electron chi connectivity index (χ1n) is 5.39. The van der Waals surface area contributed by atoms with Gasteiger partial charge in [-0.15, -0.1) is 0 Å². The predicted molar refractivity (Wildman–Crippen MR) is 64.9 cm³/mol. The third kappa shape index (κ3) is 3.03. The van der Waals surface area contributed by atoms with E-state index < -0.39 is 0 Å². The number of nitrogens with one attached hydrogen (secondary N) is 1. The summed E-state index contributed by atoms with van der Waals surface area (Å²) in [5, 5.41) is 3.09. The number of rotatable bonds is 3. The molecule has 0 aliphatic heterocycles. The van der Waals surface area contributed by atoms with E-state index in [9.17, 15) is 8.78 Å². The fourth-order valence-electron chi connectivity index (χ4n) is 1.63. The highest BCUT2D eigenvalue weighted by molar-refractivity contribution is 5.51. The Morgan fingerprint density at radius 3 is 2.53 bits per heavy atom. The summed E-state index contributed by atoms with van der Waals surface area (Å²) in [6, 6.07) is 10.9. The van der Waals surface area contributed by atoms with Crippen LogP contribution >= 0.6 is 0 Å². The van der Waals surface area contributed by atoms with Gasteiger partial charge in [0, 0.05) is 12.2 Å². The zero-order valence-corrected chi connectivity index (χ0v) is 9.50. The molecule has 0 unspecified atom stereocenters. The van der Waals surface area contributed by atoms with Crippen LogP contribution < -0.4 is 5.32 Å². The zero-order chi connectivity index (χ0) is 12.3. The molecule has 0 spiro atoms. The smallest absolute Gasteiger partial charge is 0.125 e. The Bertz CT molecular complexity index is 523. The monoisotopic (exact) mass is 233 g/mol. The van der Waals surface area contributed by atoms with Gasteiger partial charge in [0.15, 0.2) is 0 Å². The van der Waals surface area contributed by atoms with Crippen LogP contribution in [0, 0.1) is 18.6 Å². The van der Waals surface area contributed by atoms with Crippen molar-refractivity contribution in [3.63, 3.8) is 0 Å². The van der Waals surface area contributed by atoms with Crippen LogP contribution in [0.15, 0.2) is 42.5 Å². The fourth-order valence-corrected chi connectivity index (χ4v) is 1.63. The summed E-state index contributed by atoms with van der Waals surface area (Å²) in [4.78, 5) is 0. The van der Waals surface area contributed by atoms with Crippen molar-refractivity contribution in [3.05, 3.63) is 65.2 Å². The molecule has 3 heteroatoms. The number of aryl methyl sites for hydroxylation is 1. The molecule has 0 fully saturated rings. The summed E-state index contributed by atoms with van der Waals surface area (Å²) >= 11 is 0. The second kappa shape index (κ2) is 4.95. The van der Waals surface area contributed by atoms with Gasteiger partial charge in [0.05, 0.1) is 0 Å². The van der Waals surface area contributed by atoms with Crippen LogP contribution in [0.5, 0.6) is 0 Å². The van der Waals surface area contributed by atoms with Crippen LogP contribution in [0.25, 0.3) is 0 Å². The van der Waals surface area contributed by atoms with Gasteiger partial charge in [-0.1, -0.05) is 18.2 Å². The molecule has 0 heterocycles. The van der Waals surface area contributed by atoms with Crippen molar-refractivity contribution in [1.82, 2.24) is 0 Å². The van der Waals surface area contributed by atoms with Gasteiger partial charge in [0.25, 0.3) is 0 Å². The quantitative estimate of drug-likeness (QED) is 0.848. The van der Waals surface area contributed by atoms with Gasteiger partial charge in [-0.25, -0.2) is 8.78 Å². The van der Waals surface area contributed by atoms with Crippen molar-refractivity contribution in [2.24, 2.45) is 0 Å². The van der Waals surface area contributed by atoms with Crippen LogP contribution in [0.3, 0.4) is 0 Å². The Morgan fingerprint density at radius 2 is 1.76 bits per heavy atom.